The lowest BCUT2D eigenvalue weighted by Gasteiger charge is -2.21. The van der Waals surface area contributed by atoms with Crippen molar-refractivity contribution in [3.05, 3.63) is 41.9 Å². The molecule has 1 unspecified atom stereocenters. The van der Waals surface area contributed by atoms with Gasteiger partial charge in [-0.25, -0.2) is 4.98 Å². The lowest BCUT2D eigenvalue weighted by molar-refractivity contribution is 0.0745. The average molecular weight is 243 g/mol. The van der Waals surface area contributed by atoms with Crippen molar-refractivity contribution in [2.75, 3.05) is 19.8 Å². The van der Waals surface area contributed by atoms with E-state index in [-0.39, 0.29) is 6.04 Å². The number of nitrogens with one attached hydrogen (secondary N) is 2. The molecule has 1 aliphatic heterocycles. The first kappa shape index (κ1) is 11.4. The summed E-state index contributed by atoms with van der Waals surface area (Å²) in [6, 6.07) is 8.61. The third kappa shape index (κ3) is 2.30. The van der Waals surface area contributed by atoms with E-state index in [4.69, 9.17) is 4.74 Å². The topological polar surface area (TPSA) is 49.9 Å². The number of H-pyrrole nitrogens is 1. The molecule has 3 rings (SSSR count). The highest BCUT2D eigenvalue weighted by Crippen LogP contribution is 2.20. The first-order chi connectivity index (χ1) is 8.83. The molecule has 2 N–H and O–H groups in total. The summed E-state index contributed by atoms with van der Waals surface area (Å²) in [5.74, 6) is 0.949. The van der Waals surface area contributed by atoms with Crippen LogP contribution in [0.3, 0.4) is 0 Å². The van der Waals surface area contributed by atoms with Gasteiger partial charge in [0.25, 0.3) is 0 Å². The molecule has 2 aromatic rings. The van der Waals surface area contributed by atoms with Gasteiger partial charge in [-0.05, 0) is 12.5 Å². The van der Waals surface area contributed by atoms with Crippen molar-refractivity contribution in [1.82, 2.24) is 15.3 Å². The van der Waals surface area contributed by atoms with Gasteiger partial charge in [0, 0.05) is 6.54 Å². The molecule has 1 aromatic carbocycles. The summed E-state index contributed by atoms with van der Waals surface area (Å²) in [7, 11) is 0. The molecule has 0 bridgehead atoms. The number of imidazole rings is 1. The van der Waals surface area contributed by atoms with Gasteiger partial charge in [-0.15, -0.1) is 0 Å². The van der Waals surface area contributed by atoms with E-state index in [0.29, 0.717) is 6.61 Å². The second kappa shape index (κ2) is 4.92. The maximum atomic E-state index is 5.44. The number of aryl methyl sites for hydroxylation is 1. The van der Waals surface area contributed by atoms with Crippen LogP contribution in [0.25, 0.3) is 11.3 Å². The molecule has 18 heavy (non-hydrogen) atoms. The number of aromatic nitrogens is 2. The zero-order valence-electron chi connectivity index (χ0n) is 10.4. The molecule has 1 aliphatic rings. The van der Waals surface area contributed by atoms with Crippen LogP contribution in [-0.2, 0) is 4.74 Å². The predicted molar refractivity (Wildman–Crippen MR) is 70.3 cm³/mol. The van der Waals surface area contributed by atoms with E-state index in [2.05, 4.69) is 46.5 Å². The van der Waals surface area contributed by atoms with E-state index in [0.717, 1.165) is 30.2 Å². The number of ether oxygens (including phenoxy) is 1. The Morgan fingerprint density at radius 1 is 1.28 bits per heavy atom. The Bertz CT molecular complexity index is 512. The maximum Gasteiger partial charge on any atom is 0.126 e. The lowest BCUT2D eigenvalue weighted by Crippen LogP contribution is -2.35. The summed E-state index contributed by atoms with van der Waals surface area (Å²) in [5, 5.41) is 3.39. The standard InChI is InChI=1S/C14H17N3O/c1-10-2-4-11(5-3-10)12-8-16-14(17-12)13-9-18-7-6-15-13/h2-5,8,13,15H,6-7,9H2,1H3,(H,16,17). The number of aromatic amines is 1. The Morgan fingerprint density at radius 2 is 2.11 bits per heavy atom. The van der Waals surface area contributed by atoms with Crippen molar-refractivity contribution in [1.29, 1.82) is 0 Å². The quantitative estimate of drug-likeness (QED) is 0.848. The van der Waals surface area contributed by atoms with Gasteiger partial charge in [-0.3, -0.25) is 0 Å². The summed E-state index contributed by atoms with van der Waals surface area (Å²) in [6.45, 7) is 4.43. The second-order valence-corrected chi connectivity index (χ2v) is 4.63. The Labute approximate surface area is 106 Å². The van der Waals surface area contributed by atoms with Crippen LogP contribution in [0.15, 0.2) is 30.5 Å². The monoisotopic (exact) mass is 243 g/mol. The minimum absolute atomic E-state index is 0.179. The van der Waals surface area contributed by atoms with E-state index >= 15 is 0 Å². The molecule has 2 heterocycles. The van der Waals surface area contributed by atoms with Crippen LogP contribution in [0.2, 0.25) is 0 Å². The van der Waals surface area contributed by atoms with E-state index in [9.17, 15) is 0 Å². The minimum atomic E-state index is 0.179. The smallest absolute Gasteiger partial charge is 0.126 e. The Hall–Kier alpha value is -1.65. The summed E-state index contributed by atoms with van der Waals surface area (Å²) >= 11 is 0. The number of hydrogen-bond acceptors (Lipinski definition) is 3. The van der Waals surface area contributed by atoms with Gasteiger partial charge in [0.2, 0.25) is 0 Å². The predicted octanol–water partition coefficient (Wildman–Crippen LogP) is 2.05. The lowest BCUT2D eigenvalue weighted by atomic mass is 10.1. The summed E-state index contributed by atoms with van der Waals surface area (Å²) in [4.78, 5) is 7.81. The largest absolute Gasteiger partial charge is 0.378 e. The first-order valence-electron chi connectivity index (χ1n) is 6.26. The molecule has 1 aromatic heterocycles. The fourth-order valence-corrected chi connectivity index (χ4v) is 2.13. The SMILES string of the molecule is Cc1ccc(-c2cnc(C3COCCN3)[nH]2)cc1. The van der Waals surface area contributed by atoms with Crippen LogP contribution in [-0.4, -0.2) is 29.7 Å². The molecule has 1 atom stereocenters. The highest BCUT2D eigenvalue weighted by atomic mass is 16.5. The van der Waals surface area contributed by atoms with Crippen LogP contribution >= 0.6 is 0 Å². The minimum Gasteiger partial charge on any atom is -0.378 e. The fraction of sp³-hybridized carbons (Fsp3) is 0.357. The molecule has 4 heteroatoms. The number of morpholine rings is 1. The van der Waals surface area contributed by atoms with E-state index < -0.39 is 0 Å². The third-order valence-corrected chi connectivity index (χ3v) is 3.21. The number of nitrogens with zero attached hydrogens (tertiary/aromatic N) is 1. The zero-order valence-corrected chi connectivity index (χ0v) is 10.4. The summed E-state index contributed by atoms with van der Waals surface area (Å²) < 4.78 is 5.44. The summed E-state index contributed by atoms with van der Waals surface area (Å²) in [6.07, 6.45) is 1.89. The molecule has 0 aliphatic carbocycles. The summed E-state index contributed by atoms with van der Waals surface area (Å²) in [5.41, 5.74) is 3.48. The van der Waals surface area contributed by atoms with Crippen LogP contribution < -0.4 is 5.32 Å². The third-order valence-electron chi connectivity index (χ3n) is 3.21. The Kier molecular flexibility index (Phi) is 3.13. The normalized spacial score (nSPS) is 19.9. The Balaban J connectivity index is 1.82. The van der Waals surface area contributed by atoms with Gasteiger partial charge in [0.15, 0.2) is 0 Å². The first-order valence-corrected chi connectivity index (χ1v) is 6.26. The van der Waals surface area contributed by atoms with Crippen LogP contribution in [0.5, 0.6) is 0 Å². The molecular weight excluding hydrogens is 226 g/mol. The fourth-order valence-electron chi connectivity index (χ4n) is 2.13. The second-order valence-electron chi connectivity index (χ2n) is 4.63. The molecule has 0 saturated carbocycles. The maximum absolute atomic E-state index is 5.44. The van der Waals surface area contributed by atoms with Crippen molar-refractivity contribution >= 4 is 0 Å². The zero-order chi connectivity index (χ0) is 12.4. The van der Waals surface area contributed by atoms with Crippen molar-refractivity contribution in [2.45, 2.75) is 13.0 Å². The van der Waals surface area contributed by atoms with E-state index in [1.807, 2.05) is 6.20 Å². The van der Waals surface area contributed by atoms with Crippen molar-refractivity contribution < 1.29 is 4.74 Å². The van der Waals surface area contributed by atoms with Gasteiger partial charge in [-0.2, -0.15) is 0 Å². The van der Waals surface area contributed by atoms with Crippen molar-refractivity contribution in [2.24, 2.45) is 0 Å². The average Bonchev–Trinajstić information content (AvgIpc) is 2.90. The van der Waals surface area contributed by atoms with E-state index in [1.165, 1.54) is 5.56 Å². The van der Waals surface area contributed by atoms with Crippen LogP contribution in [0.1, 0.15) is 17.4 Å². The molecule has 0 amide bonds. The Morgan fingerprint density at radius 3 is 2.83 bits per heavy atom. The highest BCUT2D eigenvalue weighted by molar-refractivity contribution is 5.58. The van der Waals surface area contributed by atoms with Gasteiger partial charge in [0.1, 0.15) is 5.82 Å². The molecule has 0 spiro atoms. The van der Waals surface area contributed by atoms with Crippen molar-refractivity contribution in [3.63, 3.8) is 0 Å². The molecule has 4 nitrogen and oxygen atoms in total. The van der Waals surface area contributed by atoms with Gasteiger partial charge >= 0.3 is 0 Å². The van der Waals surface area contributed by atoms with Crippen molar-refractivity contribution in [3.8, 4) is 11.3 Å². The number of hydrogen-bond donors (Lipinski definition) is 2. The number of rotatable bonds is 2. The van der Waals surface area contributed by atoms with Crippen LogP contribution in [0, 0.1) is 6.92 Å². The molecule has 94 valence electrons. The molecule has 1 fully saturated rings. The molecular formula is C14H17N3O. The molecule has 1 saturated heterocycles. The van der Waals surface area contributed by atoms with Crippen LogP contribution in [0.4, 0.5) is 0 Å². The van der Waals surface area contributed by atoms with E-state index in [1.54, 1.807) is 0 Å². The van der Waals surface area contributed by atoms with Gasteiger partial charge in [0.05, 0.1) is 31.1 Å². The van der Waals surface area contributed by atoms with Gasteiger partial charge in [-0.1, -0.05) is 29.8 Å². The highest BCUT2D eigenvalue weighted by Gasteiger charge is 2.18. The molecule has 0 radical (unpaired) electrons. The van der Waals surface area contributed by atoms with Gasteiger partial charge < -0.3 is 15.0 Å². The number of benzene rings is 1.